The van der Waals surface area contributed by atoms with E-state index in [0.717, 1.165) is 0 Å². The molecule has 0 fully saturated rings. The van der Waals surface area contributed by atoms with Crippen LogP contribution < -0.4 is 15.2 Å². The standard InChI is InChI=1S/C11H18N2O4S/c1-3-16-6-7-17-9-4-5-11(10(12)8-9)18(14,15)13-2/h4-5,8,13H,3,6-7,12H2,1-2H3. The van der Waals surface area contributed by atoms with Gasteiger partial charge in [-0.2, -0.15) is 0 Å². The Hall–Kier alpha value is -1.31. The minimum Gasteiger partial charge on any atom is -0.491 e. The quantitative estimate of drug-likeness (QED) is 0.561. The fraction of sp³-hybridized carbons (Fsp3) is 0.455. The molecule has 0 atom stereocenters. The highest BCUT2D eigenvalue weighted by atomic mass is 32.2. The lowest BCUT2D eigenvalue weighted by Crippen LogP contribution is -2.19. The number of sulfonamides is 1. The first-order valence-corrected chi connectivity index (χ1v) is 7.03. The molecule has 0 radical (unpaired) electrons. The molecule has 0 amide bonds. The minimum atomic E-state index is -3.53. The summed E-state index contributed by atoms with van der Waals surface area (Å²) in [4.78, 5) is 0.0437. The lowest BCUT2D eigenvalue weighted by Gasteiger charge is -2.10. The first-order valence-electron chi connectivity index (χ1n) is 5.55. The summed E-state index contributed by atoms with van der Waals surface area (Å²) in [5.74, 6) is 0.516. The van der Waals surface area contributed by atoms with Crippen LogP contribution in [0.15, 0.2) is 23.1 Å². The highest BCUT2D eigenvalue weighted by Crippen LogP contribution is 2.23. The van der Waals surface area contributed by atoms with Gasteiger partial charge in [0.05, 0.1) is 12.3 Å². The number of anilines is 1. The summed E-state index contributed by atoms with van der Waals surface area (Å²) in [5.41, 5.74) is 5.83. The SMILES string of the molecule is CCOCCOc1ccc(S(=O)(=O)NC)c(N)c1. The number of hydrogen-bond acceptors (Lipinski definition) is 5. The van der Waals surface area contributed by atoms with Gasteiger partial charge in [-0.3, -0.25) is 0 Å². The number of hydrogen-bond donors (Lipinski definition) is 2. The van der Waals surface area contributed by atoms with Gasteiger partial charge < -0.3 is 15.2 Å². The van der Waals surface area contributed by atoms with Gasteiger partial charge >= 0.3 is 0 Å². The zero-order valence-corrected chi connectivity index (χ0v) is 11.3. The van der Waals surface area contributed by atoms with E-state index in [2.05, 4.69) is 4.72 Å². The van der Waals surface area contributed by atoms with Crippen LogP contribution >= 0.6 is 0 Å². The molecule has 0 aliphatic heterocycles. The number of benzene rings is 1. The summed E-state index contributed by atoms with van der Waals surface area (Å²) in [6.07, 6.45) is 0. The van der Waals surface area contributed by atoms with Gasteiger partial charge in [0.1, 0.15) is 17.3 Å². The lowest BCUT2D eigenvalue weighted by molar-refractivity contribution is 0.110. The van der Waals surface area contributed by atoms with Gasteiger partial charge in [0.25, 0.3) is 0 Å². The van der Waals surface area contributed by atoms with Crippen LogP contribution in [0.2, 0.25) is 0 Å². The molecule has 3 N–H and O–H groups in total. The maximum atomic E-state index is 11.6. The van der Waals surface area contributed by atoms with E-state index in [1.54, 1.807) is 6.07 Å². The Bertz CT molecular complexity index is 488. The first kappa shape index (κ1) is 14.7. The van der Waals surface area contributed by atoms with Crippen molar-refractivity contribution in [1.29, 1.82) is 0 Å². The van der Waals surface area contributed by atoms with Crippen molar-refractivity contribution in [2.45, 2.75) is 11.8 Å². The van der Waals surface area contributed by atoms with Crippen molar-refractivity contribution in [3.05, 3.63) is 18.2 Å². The zero-order chi connectivity index (χ0) is 13.6. The molecular weight excluding hydrogens is 256 g/mol. The second kappa shape index (κ2) is 6.58. The summed E-state index contributed by atoms with van der Waals surface area (Å²) in [5, 5.41) is 0. The normalized spacial score (nSPS) is 11.4. The molecular formula is C11H18N2O4S. The molecule has 0 aliphatic carbocycles. The highest BCUT2D eigenvalue weighted by molar-refractivity contribution is 7.89. The summed E-state index contributed by atoms with van der Waals surface area (Å²) in [6, 6.07) is 4.46. The molecule has 0 saturated heterocycles. The molecule has 0 aromatic heterocycles. The van der Waals surface area contributed by atoms with Gasteiger partial charge in [0.15, 0.2) is 0 Å². The Kier molecular flexibility index (Phi) is 5.39. The van der Waals surface area contributed by atoms with Crippen LogP contribution in [-0.2, 0) is 14.8 Å². The number of nitrogens with two attached hydrogens (primary N) is 1. The zero-order valence-electron chi connectivity index (χ0n) is 10.5. The molecule has 1 aromatic carbocycles. The first-order chi connectivity index (χ1) is 8.51. The van der Waals surface area contributed by atoms with Crippen LogP contribution in [0.5, 0.6) is 5.75 Å². The predicted molar refractivity (Wildman–Crippen MR) is 69.1 cm³/mol. The van der Waals surface area contributed by atoms with Crippen LogP contribution in [0.1, 0.15) is 6.92 Å². The van der Waals surface area contributed by atoms with Crippen molar-refractivity contribution in [2.75, 3.05) is 32.6 Å². The van der Waals surface area contributed by atoms with Crippen LogP contribution in [0.3, 0.4) is 0 Å². The Labute approximate surface area is 107 Å². The number of rotatable bonds is 7. The van der Waals surface area contributed by atoms with Gasteiger partial charge in [-0.1, -0.05) is 0 Å². The van der Waals surface area contributed by atoms with Crippen molar-refractivity contribution < 1.29 is 17.9 Å². The molecule has 0 aliphatic rings. The van der Waals surface area contributed by atoms with E-state index in [0.29, 0.717) is 25.6 Å². The van der Waals surface area contributed by atoms with Gasteiger partial charge in [-0.15, -0.1) is 0 Å². The molecule has 102 valence electrons. The second-order valence-electron chi connectivity index (χ2n) is 3.45. The van der Waals surface area contributed by atoms with Crippen molar-refractivity contribution in [2.24, 2.45) is 0 Å². The Morgan fingerprint density at radius 2 is 2.06 bits per heavy atom. The lowest BCUT2D eigenvalue weighted by atomic mass is 10.3. The van der Waals surface area contributed by atoms with E-state index in [1.807, 2.05) is 6.92 Å². The summed E-state index contributed by atoms with van der Waals surface area (Å²) < 4.78 is 35.9. The van der Waals surface area contributed by atoms with E-state index < -0.39 is 10.0 Å². The van der Waals surface area contributed by atoms with E-state index in [9.17, 15) is 8.42 Å². The molecule has 1 rings (SSSR count). The third kappa shape index (κ3) is 3.86. The van der Waals surface area contributed by atoms with Crippen molar-refractivity contribution in [1.82, 2.24) is 4.72 Å². The third-order valence-electron chi connectivity index (χ3n) is 2.24. The Morgan fingerprint density at radius 1 is 1.33 bits per heavy atom. The molecule has 0 bridgehead atoms. The van der Waals surface area contributed by atoms with Crippen LogP contribution in [0.25, 0.3) is 0 Å². The van der Waals surface area contributed by atoms with Crippen molar-refractivity contribution >= 4 is 15.7 Å². The molecule has 0 saturated carbocycles. The smallest absolute Gasteiger partial charge is 0.242 e. The molecule has 0 spiro atoms. The van der Waals surface area contributed by atoms with Crippen molar-refractivity contribution in [3.63, 3.8) is 0 Å². The monoisotopic (exact) mass is 274 g/mol. The van der Waals surface area contributed by atoms with E-state index >= 15 is 0 Å². The average Bonchev–Trinajstić information content (AvgIpc) is 2.34. The third-order valence-corrected chi connectivity index (χ3v) is 3.73. The van der Waals surface area contributed by atoms with E-state index in [-0.39, 0.29) is 10.6 Å². The summed E-state index contributed by atoms with van der Waals surface area (Å²) >= 11 is 0. The van der Waals surface area contributed by atoms with Crippen molar-refractivity contribution in [3.8, 4) is 5.75 Å². The largest absolute Gasteiger partial charge is 0.491 e. The molecule has 0 heterocycles. The maximum absolute atomic E-state index is 11.6. The summed E-state index contributed by atoms with van der Waals surface area (Å²) in [7, 11) is -2.20. The summed E-state index contributed by atoms with van der Waals surface area (Å²) in [6.45, 7) is 3.40. The number of nitrogens with one attached hydrogen (secondary N) is 1. The molecule has 6 nitrogen and oxygen atoms in total. The van der Waals surface area contributed by atoms with Gasteiger partial charge in [-0.05, 0) is 26.1 Å². The number of nitrogen functional groups attached to an aromatic ring is 1. The predicted octanol–water partition coefficient (Wildman–Crippen LogP) is 0.592. The Balaban J connectivity index is 2.74. The van der Waals surface area contributed by atoms with Crippen LogP contribution in [0.4, 0.5) is 5.69 Å². The van der Waals surface area contributed by atoms with Gasteiger partial charge in [-0.25, -0.2) is 13.1 Å². The van der Waals surface area contributed by atoms with E-state index in [1.165, 1.54) is 19.2 Å². The fourth-order valence-electron chi connectivity index (χ4n) is 1.33. The highest BCUT2D eigenvalue weighted by Gasteiger charge is 2.15. The van der Waals surface area contributed by atoms with Crippen LogP contribution in [0, 0.1) is 0 Å². The Morgan fingerprint density at radius 3 is 2.61 bits per heavy atom. The number of ether oxygens (including phenoxy) is 2. The maximum Gasteiger partial charge on any atom is 0.242 e. The van der Waals surface area contributed by atoms with Gasteiger partial charge in [0.2, 0.25) is 10.0 Å². The molecule has 1 aromatic rings. The topological polar surface area (TPSA) is 90.6 Å². The average molecular weight is 274 g/mol. The van der Waals surface area contributed by atoms with Crippen LogP contribution in [-0.4, -0.2) is 35.3 Å². The molecule has 7 heteroatoms. The fourth-order valence-corrected chi connectivity index (χ4v) is 2.17. The second-order valence-corrected chi connectivity index (χ2v) is 5.31. The molecule has 0 unspecified atom stereocenters. The molecule has 18 heavy (non-hydrogen) atoms. The van der Waals surface area contributed by atoms with E-state index in [4.69, 9.17) is 15.2 Å². The van der Waals surface area contributed by atoms with Gasteiger partial charge in [0, 0.05) is 12.7 Å². The minimum absolute atomic E-state index is 0.0437.